The largest absolute Gasteiger partial charge is 0.394 e. The average Bonchev–Trinajstić information content (AvgIpc) is 3.85. The molecule has 14 N–H and O–H groups in total. The highest BCUT2D eigenvalue weighted by molar-refractivity contribution is 5.16. The summed E-state index contributed by atoms with van der Waals surface area (Å²) >= 11 is 0. The topological polar surface area (TPSA) is 376 Å². The number of hydrogen-bond donors (Lipinski definition) is 14. The Balaban J connectivity index is 0.829. The van der Waals surface area contributed by atoms with Gasteiger partial charge in [0.05, 0.1) is 51.3 Å². The standard InChI is InChI=1S/C51H84O24/c1-19-5-10-51(66-18-19)20(2)32-27(75-51)13-24-22-12-26(56)25-11-21(6-8-49(25,3)23(22)7-9-50(24,32)4)67-45-41(65)38(62)42(31(17-55)71-45)72-48-44(74-47-40(64)37(61)34(58)29(15-53)69-47)43(35(59)30(16-54)70-48)73-46-39(63)36(60)33(57)28(14-52)68-46/h19-48,52-65H,5-18H2,1-4H3/t19-,20+,21-,22-,23+,24-,25-,26+,27+,28-,29-,30-,31-,32+,33-,34-,35-,36+,37+,38-,39-,40-,41-,42-,43+,44-,45-,46+,47+,48+,49+,50-,51-/m1/s1. The molecular weight excluding hydrogens is 997 g/mol. The van der Waals surface area contributed by atoms with Crippen LogP contribution in [0.5, 0.6) is 0 Å². The molecule has 4 aliphatic carbocycles. The third kappa shape index (κ3) is 9.79. The second-order valence-corrected chi connectivity index (χ2v) is 24.5. The molecule has 6 aliphatic heterocycles. The van der Waals surface area contributed by atoms with E-state index in [-0.39, 0.29) is 28.8 Å². The van der Waals surface area contributed by atoms with Crippen molar-refractivity contribution < 1.29 is 119 Å². The Morgan fingerprint density at radius 3 is 1.60 bits per heavy atom. The van der Waals surface area contributed by atoms with Crippen molar-refractivity contribution in [3.05, 3.63) is 0 Å². The highest BCUT2D eigenvalue weighted by Crippen LogP contribution is 2.71. The summed E-state index contributed by atoms with van der Waals surface area (Å²) in [5.41, 5.74) is -0.133. The molecule has 0 aromatic carbocycles. The first-order valence-corrected chi connectivity index (χ1v) is 27.4. The van der Waals surface area contributed by atoms with Crippen molar-refractivity contribution in [1.29, 1.82) is 0 Å². The Labute approximate surface area is 435 Å². The molecule has 4 saturated carbocycles. The van der Waals surface area contributed by atoms with E-state index < -0.39 is 167 Å². The maximum Gasteiger partial charge on any atom is 0.187 e. The number of hydrogen-bond acceptors (Lipinski definition) is 24. The van der Waals surface area contributed by atoms with Crippen LogP contribution in [0.1, 0.15) is 85.5 Å². The van der Waals surface area contributed by atoms with Gasteiger partial charge in [-0.3, -0.25) is 0 Å². The molecule has 75 heavy (non-hydrogen) atoms. The lowest BCUT2D eigenvalue weighted by Crippen LogP contribution is -2.68. The first kappa shape index (κ1) is 57.3. The maximum absolute atomic E-state index is 12.1. The van der Waals surface area contributed by atoms with Gasteiger partial charge in [-0.2, -0.15) is 0 Å². The van der Waals surface area contributed by atoms with Crippen LogP contribution in [0.4, 0.5) is 0 Å². The van der Waals surface area contributed by atoms with Gasteiger partial charge in [0.1, 0.15) is 97.7 Å². The third-order valence-corrected chi connectivity index (χ3v) is 20.4. The third-order valence-electron chi connectivity index (χ3n) is 20.4. The van der Waals surface area contributed by atoms with E-state index in [4.69, 9.17) is 47.4 Å². The van der Waals surface area contributed by atoms with Gasteiger partial charge in [-0.25, -0.2) is 0 Å². The normalized spacial score (nSPS) is 58.0. The lowest BCUT2D eigenvalue weighted by molar-refractivity contribution is -0.406. The molecule has 10 rings (SSSR count). The summed E-state index contributed by atoms with van der Waals surface area (Å²) in [6.45, 7) is 6.54. The minimum Gasteiger partial charge on any atom is -0.394 e. The van der Waals surface area contributed by atoms with Crippen LogP contribution in [0.3, 0.4) is 0 Å². The van der Waals surface area contributed by atoms with Gasteiger partial charge >= 0.3 is 0 Å². The van der Waals surface area contributed by atoms with E-state index in [9.17, 15) is 71.5 Å². The summed E-state index contributed by atoms with van der Waals surface area (Å²) < 4.78 is 61.3. The number of rotatable bonds is 12. The summed E-state index contributed by atoms with van der Waals surface area (Å²) in [6.07, 6.45) is -29.9. The molecule has 0 aromatic heterocycles. The fourth-order valence-electron chi connectivity index (χ4n) is 16.2. The maximum atomic E-state index is 12.1. The van der Waals surface area contributed by atoms with E-state index in [1.807, 2.05) is 0 Å². The molecule has 432 valence electrons. The lowest BCUT2D eigenvalue weighted by atomic mass is 9.43. The Kier molecular flexibility index (Phi) is 16.9. The van der Waals surface area contributed by atoms with E-state index >= 15 is 0 Å². The van der Waals surface area contributed by atoms with Crippen molar-refractivity contribution in [2.24, 2.45) is 52.3 Å². The second-order valence-electron chi connectivity index (χ2n) is 24.5. The van der Waals surface area contributed by atoms with Gasteiger partial charge in [-0.05, 0) is 97.7 Å². The predicted octanol–water partition coefficient (Wildman–Crippen LogP) is -3.94. The van der Waals surface area contributed by atoms with Crippen LogP contribution in [-0.4, -0.2) is 251 Å². The van der Waals surface area contributed by atoms with Crippen LogP contribution in [0.2, 0.25) is 0 Å². The Morgan fingerprint density at radius 1 is 0.467 bits per heavy atom. The molecule has 33 atom stereocenters. The number of aliphatic hydroxyl groups excluding tert-OH is 14. The number of fused-ring (bicyclic) bond motifs is 7. The van der Waals surface area contributed by atoms with Gasteiger partial charge < -0.3 is 119 Å². The van der Waals surface area contributed by atoms with Crippen molar-refractivity contribution in [2.75, 3.05) is 33.0 Å². The SMILES string of the molecule is C[C@@H]1CC[C@@]2(OC1)O[C@H]1C[C@@H]3[C@@H]4C[C@H](O)[C@H]5C[C@H](O[C@@H]6O[C@H](CO)[C@@H](O[C@@H]7O[C@H](CO)[C@@H](O)[C@H](O[C@@H]8O[C@H](CO)[C@@H](O)[C@H](O)[C@H]8O)[C@H]7O[C@@H]7O[C@H](CO)[C@@H](O)[C@H](O)[C@H]7O)[C@H](O)[C@H]6O)CC[C@@]5(C)[C@H]4CC[C@@]3(C)[C@H]1[C@@H]2C. The summed E-state index contributed by atoms with van der Waals surface area (Å²) in [7, 11) is 0. The fourth-order valence-corrected chi connectivity index (χ4v) is 16.2. The van der Waals surface area contributed by atoms with Crippen LogP contribution in [-0.2, 0) is 47.4 Å². The minimum atomic E-state index is -2.05. The van der Waals surface area contributed by atoms with E-state index in [0.717, 1.165) is 45.1 Å². The van der Waals surface area contributed by atoms with Gasteiger partial charge in [0.15, 0.2) is 30.9 Å². The van der Waals surface area contributed by atoms with Crippen LogP contribution in [0, 0.1) is 52.3 Å². The van der Waals surface area contributed by atoms with Crippen LogP contribution in [0.15, 0.2) is 0 Å². The van der Waals surface area contributed by atoms with Gasteiger partial charge in [0.2, 0.25) is 0 Å². The Hall–Kier alpha value is -0.960. The Morgan fingerprint density at radius 2 is 1.00 bits per heavy atom. The van der Waals surface area contributed by atoms with Crippen LogP contribution < -0.4 is 0 Å². The molecule has 6 heterocycles. The molecule has 24 heteroatoms. The Bertz CT molecular complexity index is 1910. The molecule has 0 aromatic rings. The molecule has 0 radical (unpaired) electrons. The van der Waals surface area contributed by atoms with Crippen molar-refractivity contribution in [1.82, 2.24) is 0 Å². The first-order chi connectivity index (χ1) is 35.6. The molecule has 6 saturated heterocycles. The molecule has 10 aliphatic rings. The smallest absolute Gasteiger partial charge is 0.187 e. The molecular formula is C51H84O24. The second kappa shape index (κ2) is 22.1. The fraction of sp³-hybridized carbons (Fsp3) is 1.00. The van der Waals surface area contributed by atoms with Crippen molar-refractivity contribution in [2.45, 2.75) is 232 Å². The molecule has 0 amide bonds. The quantitative estimate of drug-likeness (QED) is 0.0830. The average molecular weight is 1080 g/mol. The molecule has 0 bridgehead atoms. The summed E-state index contributed by atoms with van der Waals surface area (Å²) in [5.74, 6) is 1.64. The summed E-state index contributed by atoms with van der Waals surface area (Å²) in [6, 6.07) is 0. The molecule has 24 nitrogen and oxygen atoms in total. The van der Waals surface area contributed by atoms with Gasteiger partial charge in [0, 0.05) is 12.3 Å². The van der Waals surface area contributed by atoms with Crippen molar-refractivity contribution in [3.63, 3.8) is 0 Å². The predicted molar refractivity (Wildman–Crippen MR) is 250 cm³/mol. The lowest BCUT2D eigenvalue weighted by Gasteiger charge is -2.62. The van der Waals surface area contributed by atoms with Crippen molar-refractivity contribution >= 4 is 0 Å². The summed E-state index contributed by atoms with van der Waals surface area (Å²) in [5, 5.41) is 152. The van der Waals surface area contributed by atoms with Gasteiger partial charge in [-0.1, -0.05) is 27.7 Å². The minimum absolute atomic E-state index is 0.0667. The van der Waals surface area contributed by atoms with E-state index in [1.54, 1.807) is 0 Å². The first-order valence-electron chi connectivity index (χ1n) is 27.4. The highest BCUT2D eigenvalue weighted by Gasteiger charge is 2.70. The van der Waals surface area contributed by atoms with Gasteiger partial charge in [-0.15, -0.1) is 0 Å². The van der Waals surface area contributed by atoms with Crippen LogP contribution >= 0.6 is 0 Å². The monoisotopic (exact) mass is 1080 g/mol. The molecule has 0 unspecified atom stereocenters. The van der Waals surface area contributed by atoms with Gasteiger partial charge in [0.25, 0.3) is 0 Å². The number of ether oxygens (including phenoxy) is 10. The zero-order valence-electron chi connectivity index (χ0n) is 43.1. The number of aliphatic hydroxyl groups is 14. The molecule has 1 spiro atoms. The van der Waals surface area contributed by atoms with E-state index in [1.165, 1.54) is 0 Å². The molecule has 10 fully saturated rings. The van der Waals surface area contributed by atoms with Crippen LogP contribution in [0.25, 0.3) is 0 Å². The zero-order chi connectivity index (χ0) is 53.8. The highest BCUT2D eigenvalue weighted by atomic mass is 16.8. The zero-order valence-corrected chi connectivity index (χ0v) is 43.1. The van der Waals surface area contributed by atoms with E-state index in [0.29, 0.717) is 48.9 Å². The summed E-state index contributed by atoms with van der Waals surface area (Å²) in [4.78, 5) is 0. The van der Waals surface area contributed by atoms with E-state index in [2.05, 4.69) is 27.7 Å². The van der Waals surface area contributed by atoms with Crippen molar-refractivity contribution in [3.8, 4) is 0 Å².